The van der Waals surface area contributed by atoms with Crippen LogP contribution in [0.4, 0.5) is 13.2 Å². The quantitative estimate of drug-likeness (QED) is 0.838. The molecule has 0 saturated carbocycles. The Labute approximate surface area is 120 Å². The van der Waals surface area contributed by atoms with Gasteiger partial charge in [0.1, 0.15) is 10.6 Å². The summed E-state index contributed by atoms with van der Waals surface area (Å²) in [7, 11) is -4.19. The van der Waals surface area contributed by atoms with Crippen LogP contribution in [0.15, 0.2) is 29.2 Å². The zero-order valence-corrected chi connectivity index (χ0v) is 12.2. The molecule has 120 valence electrons. The van der Waals surface area contributed by atoms with Gasteiger partial charge in [0.05, 0.1) is 6.10 Å². The van der Waals surface area contributed by atoms with Crippen LogP contribution >= 0.6 is 0 Å². The first-order valence-corrected chi connectivity index (χ1v) is 7.55. The third-order valence-corrected chi connectivity index (χ3v) is 4.04. The number of alkyl halides is 3. The first-order chi connectivity index (χ1) is 9.51. The molecule has 2 unspecified atom stereocenters. The summed E-state index contributed by atoms with van der Waals surface area (Å²) in [4.78, 5) is -0.611. The van der Waals surface area contributed by atoms with Crippen LogP contribution in [0.25, 0.3) is 0 Å². The van der Waals surface area contributed by atoms with Gasteiger partial charge in [-0.1, -0.05) is 12.1 Å². The summed E-state index contributed by atoms with van der Waals surface area (Å²) in [6, 6.07) is 3.81. The molecule has 0 bridgehead atoms. The number of halogens is 3. The van der Waals surface area contributed by atoms with Crippen molar-refractivity contribution in [3.8, 4) is 5.75 Å². The van der Waals surface area contributed by atoms with Crippen LogP contribution < -0.4 is 9.46 Å². The summed E-state index contributed by atoms with van der Waals surface area (Å²) in [5.74, 6) is -0.804. The number of sulfonamides is 1. The van der Waals surface area contributed by atoms with Crippen molar-refractivity contribution in [2.45, 2.75) is 43.7 Å². The summed E-state index contributed by atoms with van der Waals surface area (Å²) >= 11 is 0. The fraction of sp³-hybridized carbons (Fsp3) is 0.500. The van der Waals surface area contributed by atoms with E-state index >= 15 is 0 Å². The molecule has 1 rings (SSSR count). The monoisotopic (exact) mass is 327 g/mol. The Kier molecular flexibility index (Phi) is 5.60. The number of aliphatic hydroxyl groups excluding tert-OH is 1. The van der Waals surface area contributed by atoms with Gasteiger partial charge in [-0.05, 0) is 32.4 Å². The van der Waals surface area contributed by atoms with Crippen molar-refractivity contribution in [3.63, 3.8) is 0 Å². The zero-order chi connectivity index (χ0) is 16.3. The lowest BCUT2D eigenvalue weighted by molar-refractivity contribution is -0.275. The third kappa shape index (κ3) is 5.90. The van der Waals surface area contributed by atoms with E-state index in [0.29, 0.717) is 0 Å². The lowest BCUT2D eigenvalue weighted by Gasteiger charge is -2.18. The molecule has 2 N–H and O–H groups in total. The Morgan fingerprint density at radius 1 is 1.29 bits per heavy atom. The molecule has 2 atom stereocenters. The average molecular weight is 327 g/mol. The van der Waals surface area contributed by atoms with Gasteiger partial charge in [0, 0.05) is 6.04 Å². The number of para-hydroxylation sites is 1. The molecule has 0 saturated heterocycles. The number of rotatable bonds is 6. The fourth-order valence-corrected chi connectivity index (χ4v) is 3.15. The highest BCUT2D eigenvalue weighted by atomic mass is 32.2. The Balaban J connectivity index is 3.03. The van der Waals surface area contributed by atoms with Crippen molar-refractivity contribution in [1.29, 1.82) is 0 Å². The Morgan fingerprint density at radius 2 is 1.86 bits per heavy atom. The van der Waals surface area contributed by atoms with E-state index in [1.54, 1.807) is 0 Å². The number of hydrogen-bond donors (Lipinski definition) is 2. The molecule has 0 aromatic heterocycles. The minimum Gasteiger partial charge on any atom is -0.404 e. The highest BCUT2D eigenvalue weighted by molar-refractivity contribution is 7.89. The highest BCUT2D eigenvalue weighted by Crippen LogP contribution is 2.29. The molecule has 1 aromatic rings. The van der Waals surface area contributed by atoms with E-state index in [2.05, 4.69) is 9.46 Å². The van der Waals surface area contributed by atoms with Crippen LogP contribution in [0.2, 0.25) is 0 Å². The molecular weight excluding hydrogens is 311 g/mol. The average Bonchev–Trinajstić information content (AvgIpc) is 2.24. The first-order valence-electron chi connectivity index (χ1n) is 6.06. The Hall–Kier alpha value is -1.32. The van der Waals surface area contributed by atoms with Gasteiger partial charge in [0.25, 0.3) is 0 Å². The van der Waals surface area contributed by atoms with E-state index in [0.717, 1.165) is 12.1 Å². The minimum atomic E-state index is -4.99. The number of aliphatic hydroxyl groups is 1. The summed E-state index contributed by atoms with van der Waals surface area (Å²) < 4.78 is 66.9. The van der Waals surface area contributed by atoms with Crippen molar-refractivity contribution < 1.29 is 31.4 Å². The second-order valence-electron chi connectivity index (χ2n) is 4.60. The van der Waals surface area contributed by atoms with Crippen LogP contribution in [0.1, 0.15) is 20.3 Å². The molecule has 9 heteroatoms. The van der Waals surface area contributed by atoms with E-state index in [4.69, 9.17) is 0 Å². The van der Waals surface area contributed by atoms with Gasteiger partial charge in [-0.2, -0.15) is 0 Å². The summed E-state index contributed by atoms with van der Waals surface area (Å²) in [6.45, 7) is 2.98. The number of ether oxygens (including phenoxy) is 1. The van der Waals surface area contributed by atoms with E-state index in [9.17, 15) is 26.7 Å². The van der Waals surface area contributed by atoms with E-state index in [-0.39, 0.29) is 6.42 Å². The maximum Gasteiger partial charge on any atom is 0.573 e. The molecule has 0 heterocycles. The van der Waals surface area contributed by atoms with Gasteiger partial charge in [-0.25, -0.2) is 13.1 Å². The van der Waals surface area contributed by atoms with E-state index in [1.807, 2.05) is 0 Å². The van der Waals surface area contributed by atoms with Crippen LogP contribution in [-0.2, 0) is 10.0 Å². The third-order valence-electron chi connectivity index (χ3n) is 2.42. The van der Waals surface area contributed by atoms with E-state index < -0.39 is 39.2 Å². The van der Waals surface area contributed by atoms with Gasteiger partial charge in [0.2, 0.25) is 10.0 Å². The van der Waals surface area contributed by atoms with Crippen LogP contribution in [-0.4, -0.2) is 32.0 Å². The summed E-state index contributed by atoms with van der Waals surface area (Å²) in [5, 5.41) is 9.19. The summed E-state index contributed by atoms with van der Waals surface area (Å²) in [5.41, 5.74) is 0. The maximum absolute atomic E-state index is 12.3. The lowest BCUT2D eigenvalue weighted by Crippen LogP contribution is -2.35. The molecule has 0 aliphatic heterocycles. The molecule has 0 radical (unpaired) electrons. The topological polar surface area (TPSA) is 75.6 Å². The van der Waals surface area contributed by atoms with Crippen molar-refractivity contribution in [2.75, 3.05) is 0 Å². The maximum atomic E-state index is 12.3. The molecule has 5 nitrogen and oxygen atoms in total. The largest absolute Gasteiger partial charge is 0.573 e. The van der Waals surface area contributed by atoms with Crippen LogP contribution in [0.5, 0.6) is 5.75 Å². The van der Waals surface area contributed by atoms with Crippen molar-refractivity contribution in [2.24, 2.45) is 0 Å². The molecule has 1 aromatic carbocycles. The van der Waals surface area contributed by atoms with Gasteiger partial charge in [-0.15, -0.1) is 13.2 Å². The van der Waals surface area contributed by atoms with Crippen molar-refractivity contribution in [3.05, 3.63) is 24.3 Å². The van der Waals surface area contributed by atoms with Crippen LogP contribution in [0, 0.1) is 0 Å². The Bertz CT molecular complexity index is 572. The second kappa shape index (κ2) is 6.63. The first kappa shape index (κ1) is 17.7. The molecular formula is C12H16F3NO4S. The number of benzene rings is 1. The van der Waals surface area contributed by atoms with Crippen molar-refractivity contribution >= 4 is 10.0 Å². The number of nitrogens with one attached hydrogen (secondary N) is 1. The standard InChI is InChI=1S/C12H16F3NO4S/c1-8(7-9(2)17)16-21(18,19)11-6-4-3-5-10(11)20-12(13,14)15/h3-6,8-9,16-17H,7H2,1-2H3. The number of hydrogen-bond acceptors (Lipinski definition) is 4. The zero-order valence-electron chi connectivity index (χ0n) is 11.4. The second-order valence-corrected chi connectivity index (χ2v) is 6.28. The fourth-order valence-electron chi connectivity index (χ4n) is 1.77. The molecule has 21 heavy (non-hydrogen) atoms. The predicted octanol–water partition coefficient (Wildman–Crippen LogP) is 2.02. The SMILES string of the molecule is CC(O)CC(C)NS(=O)(=O)c1ccccc1OC(F)(F)F. The smallest absolute Gasteiger partial charge is 0.404 e. The molecule has 0 fully saturated rings. The highest BCUT2D eigenvalue weighted by Gasteiger charge is 2.34. The van der Waals surface area contributed by atoms with Gasteiger partial charge >= 0.3 is 6.36 Å². The van der Waals surface area contributed by atoms with Gasteiger partial charge in [0.15, 0.2) is 0 Å². The molecule has 0 amide bonds. The molecule has 0 aliphatic rings. The van der Waals surface area contributed by atoms with Crippen LogP contribution in [0.3, 0.4) is 0 Å². The Morgan fingerprint density at radius 3 is 2.38 bits per heavy atom. The normalized spacial score (nSPS) is 15.5. The van der Waals surface area contributed by atoms with E-state index in [1.165, 1.54) is 26.0 Å². The minimum absolute atomic E-state index is 0.127. The molecule has 0 spiro atoms. The van der Waals surface area contributed by atoms with Gasteiger partial charge < -0.3 is 9.84 Å². The predicted molar refractivity (Wildman–Crippen MR) is 69.2 cm³/mol. The molecule has 0 aliphatic carbocycles. The lowest BCUT2D eigenvalue weighted by atomic mass is 10.2. The summed E-state index contributed by atoms with van der Waals surface area (Å²) in [6.07, 6.45) is -5.61. The van der Waals surface area contributed by atoms with Crippen molar-refractivity contribution in [1.82, 2.24) is 4.72 Å². The van der Waals surface area contributed by atoms with Gasteiger partial charge in [-0.3, -0.25) is 0 Å².